The summed E-state index contributed by atoms with van der Waals surface area (Å²) in [4.78, 5) is 2.74. The van der Waals surface area contributed by atoms with Crippen molar-refractivity contribution >= 4 is 0 Å². The number of rotatable bonds is 8. The average Bonchev–Trinajstić information content (AvgIpc) is 2.76. The van der Waals surface area contributed by atoms with Gasteiger partial charge in [0.1, 0.15) is 0 Å². The summed E-state index contributed by atoms with van der Waals surface area (Å²) in [5.41, 5.74) is 6.52. The zero-order chi connectivity index (χ0) is 14.5. The summed E-state index contributed by atoms with van der Waals surface area (Å²) in [5.74, 6) is 2.37. The molecule has 0 spiro atoms. The lowest BCUT2D eigenvalue weighted by molar-refractivity contribution is 0.0721. The molecule has 1 unspecified atom stereocenters. The van der Waals surface area contributed by atoms with Crippen molar-refractivity contribution in [1.82, 2.24) is 4.90 Å². The standard InChI is InChI=1S/C17H36N2/c1-6-7-16-8-9-19(12-16)17(13-18,10-14(2)3)11-15(4)5/h14-16H,6-13,18H2,1-5H3. The predicted octanol–water partition coefficient (Wildman–Crippen LogP) is 3.90. The molecule has 0 amide bonds. The van der Waals surface area contributed by atoms with E-state index in [1.807, 2.05) is 0 Å². The molecule has 0 aliphatic carbocycles. The monoisotopic (exact) mass is 268 g/mol. The first-order valence-corrected chi connectivity index (χ1v) is 8.38. The first-order chi connectivity index (χ1) is 8.93. The van der Waals surface area contributed by atoms with Gasteiger partial charge in [-0.2, -0.15) is 0 Å². The van der Waals surface area contributed by atoms with Crippen LogP contribution in [0.1, 0.15) is 66.7 Å². The molecule has 1 fully saturated rings. The molecule has 2 N–H and O–H groups in total. The van der Waals surface area contributed by atoms with Gasteiger partial charge in [0, 0.05) is 18.6 Å². The van der Waals surface area contributed by atoms with E-state index in [0.717, 1.165) is 24.3 Å². The second-order valence-electron chi connectivity index (χ2n) is 7.51. The molecular formula is C17H36N2. The molecule has 114 valence electrons. The van der Waals surface area contributed by atoms with Crippen LogP contribution in [0, 0.1) is 17.8 Å². The Morgan fingerprint density at radius 3 is 2.16 bits per heavy atom. The summed E-state index contributed by atoms with van der Waals surface area (Å²) in [7, 11) is 0. The molecule has 2 nitrogen and oxygen atoms in total. The van der Waals surface area contributed by atoms with Crippen LogP contribution in [0.4, 0.5) is 0 Å². The Hall–Kier alpha value is -0.0800. The van der Waals surface area contributed by atoms with E-state index < -0.39 is 0 Å². The Kier molecular flexibility index (Phi) is 6.82. The highest BCUT2D eigenvalue weighted by atomic mass is 15.2. The van der Waals surface area contributed by atoms with Crippen LogP contribution in [-0.2, 0) is 0 Å². The Balaban J connectivity index is 2.77. The van der Waals surface area contributed by atoms with Gasteiger partial charge in [-0.1, -0.05) is 41.0 Å². The van der Waals surface area contributed by atoms with Gasteiger partial charge in [-0.15, -0.1) is 0 Å². The molecule has 1 aliphatic rings. The summed E-state index contributed by atoms with van der Waals surface area (Å²) < 4.78 is 0. The van der Waals surface area contributed by atoms with Gasteiger partial charge in [-0.3, -0.25) is 4.90 Å². The summed E-state index contributed by atoms with van der Waals surface area (Å²) >= 11 is 0. The number of hydrogen-bond acceptors (Lipinski definition) is 2. The van der Waals surface area contributed by atoms with Crippen LogP contribution in [0.3, 0.4) is 0 Å². The first-order valence-electron chi connectivity index (χ1n) is 8.38. The smallest absolute Gasteiger partial charge is 0.0336 e. The molecule has 1 aliphatic heterocycles. The summed E-state index contributed by atoms with van der Waals surface area (Å²) in [6.45, 7) is 15.0. The van der Waals surface area contributed by atoms with E-state index in [1.54, 1.807) is 0 Å². The average molecular weight is 268 g/mol. The largest absolute Gasteiger partial charge is 0.329 e. The molecule has 0 radical (unpaired) electrons. The molecule has 2 heteroatoms. The fourth-order valence-corrected chi connectivity index (χ4v) is 4.06. The van der Waals surface area contributed by atoms with Crippen LogP contribution in [0.5, 0.6) is 0 Å². The topological polar surface area (TPSA) is 29.3 Å². The van der Waals surface area contributed by atoms with E-state index in [1.165, 1.54) is 45.2 Å². The Labute approximate surface area is 121 Å². The van der Waals surface area contributed by atoms with E-state index in [4.69, 9.17) is 5.73 Å². The predicted molar refractivity (Wildman–Crippen MR) is 85.3 cm³/mol. The van der Waals surface area contributed by atoms with Crippen molar-refractivity contribution in [3.8, 4) is 0 Å². The van der Waals surface area contributed by atoms with Crippen LogP contribution in [-0.4, -0.2) is 30.1 Å². The van der Waals surface area contributed by atoms with E-state index in [-0.39, 0.29) is 5.54 Å². The van der Waals surface area contributed by atoms with Crippen LogP contribution >= 0.6 is 0 Å². The molecule has 1 atom stereocenters. The minimum absolute atomic E-state index is 0.255. The summed E-state index contributed by atoms with van der Waals surface area (Å²) in [6, 6.07) is 0. The summed E-state index contributed by atoms with van der Waals surface area (Å²) in [6.07, 6.45) is 6.59. The minimum atomic E-state index is 0.255. The number of nitrogens with two attached hydrogens (primary N) is 1. The lowest BCUT2D eigenvalue weighted by atomic mass is 9.80. The third kappa shape index (κ3) is 4.75. The molecule has 0 bridgehead atoms. The Bertz CT molecular complexity index is 238. The first kappa shape index (κ1) is 17.0. The van der Waals surface area contributed by atoms with Gasteiger partial charge < -0.3 is 5.73 Å². The van der Waals surface area contributed by atoms with Crippen molar-refractivity contribution in [2.24, 2.45) is 23.5 Å². The molecule has 1 saturated heterocycles. The fourth-order valence-electron chi connectivity index (χ4n) is 4.06. The van der Waals surface area contributed by atoms with E-state index in [2.05, 4.69) is 39.5 Å². The fraction of sp³-hybridized carbons (Fsp3) is 1.00. The third-order valence-corrected chi connectivity index (χ3v) is 4.61. The molecule has 0 aromatic heterocycles. The second kappa shape index (κ2) is 7.64. The zero-order valence-corrected chi connectivity index (χ0v) is 13.9. The highest BCUT2D eigenvalue weighted by Crippen LogP contribution is 2.35. The molecule has 0 saturated carbocycles. The SMILES string of the molecule is CCCC1CCN(C(CN)(CC(C)C)CC(C)C)C1. The third-order valence-electron chi connectivity index (χ3n) is 4.61. The van der Waals surface area contributed by atoms with Crippen molar-refractivity contribution in [1.29, 1.82) is 0 Å². The van der Waals surface area contributed by atoms with Crippen LogP contribution < -0.4 is 5.73 Å². The highest BCUT2D eigenvalue weighted by Gasteiger charge is 2.40. The Morgan fingerprint density at radius 2 is 1.74 bits per heavy atom. The van der Waals surface area contributed by atoms with E-state index >= 15 is 0 Å². The molecule has 1 rings (SSSR count). The van der Waals surface area contributed by atoms with E-state index in [9.17, 15) is 0 Å². The number of likely N-dealkylation sites (tertiary alicyclic amines) is 1. The van der Waals surface area contributed by atoms with Crippen LogP contribution in [0.2, 0.25) is 0 Å². The number of nitrogens with zero attached hydrogens (tertiary/aromatic N) is 1. The van der Waals surface area contributed by atoms with Crippen molar-refractivity contribution in [2.45, 2.75) is 72.3 Å². The summed E-state index contributed by atoms with van der Waals surface area (Å²) in [5, 5.41) is 0. The normalized spacial score (nSPS) is 21.8. The van der Waals surface area contributed by atoms with Gasteiger partial charge in [0.2, 0.25) is 0 Å². The second-order valence-corrected chi connectivity index (χ2v) is 7.51. The van der Waals surface area contributed by atoms with Crippen molar-refractivity contribution < 1.29 is 0 Å². The highest BCUT2D eigenvalue weighted by molar-refractivity contribution is 4.96. The molecule has 0 aromatic carbocycles. The van der Waals surface area contributed by atoms with Gasteiger partial charge >= 0.3 is 0 Å². The zero-order valence-electron chi connectivity index (χ0n) is 13.9. The van der Waals surface area contributed by atoms with Crippen molar-refractivity contribution in [3.05, 3.63) is 0 Å². The quantitative estimate of drug-likeness (QED) is 0.723. The maximum absolute atomic E-state index is 6.26. The van der Waals surface area contributed by atoms with Crippen LogP contribution in [0.15, 0.2) is 0 Å². The van der Waals surface area contributed by atoms with E-state index in [0.29, 0.717) is 0 Å². The van der Waals surface area contributed by atoms with Gasteiger partial charge in [0.15, 0.2) is 0 Å². The number of hydrogen-bond donors (Lipinski definition) is 1. The minimum Gasteiger partial charge on any atom is -0.329 e. The maximum Gasteiger partial charge on any atom is 0.0336 e. The lowest BCUT2D eigenvalue weighted by Gasteiger charge is -2.44. The van der Waals surface area contributed by atoms with Gasteiger partial charge in [-0.25, -0.2) is 0 Å². The maximum atomic E-state index is 6.26. The Morgan fingerprint density at radius 1 is 1.16 bits per heavy atom. The van der Waals surface area contributed by atoms with Gasteiger partial charge in [0.05, 0.1) is 0 Å². The van der Waals surface area contributed by atoms with Crippen molar-refractivity contribution in [2.75, 3.05) is 19.6 Å². The van der Waals surface area contributed by atoms with Gasteiger partial charge in [0.25, 0.3) is 0 Å². The molecule has 19 heavy (non-hydrogen) atoms. The molecular weight excluding hydrogens is 232 g/mol. The molecule has 0 aromatic rings. The lowest BCUT2D eigenvalue weighted by Crippen LogP contribution is -2.54. The molecule has 1 heterocycles. The van der Waals surface area contributed by atoms with Crippen molar-refractivity contribution in [3.63, 3.8) is 0 Å². The van der Waals surface area contributed by atoms with Crippen LogP contribution in [0.25, 0.3) is 0 Å². The van der Waals surface area contributed by atoms with Gasteiger partial charge in [-0.05, 0) is 50.0 Å².